The van der Waals surface area contributed by atoms with E-state index in [9.17, 15) is 4.79 Å². The number of hydrogen-bond donors (Lipinski definition) is 0. The van der Waals surface area contributed by atoms with E-state index in [1.807, 2.05) is 5.41 Å². The van der Waals surface area contributed by atoms with Gasteiger partial charge in [-0.05, 0) is 18.4 Å². The van der Waals surface area contributed by atoms with Gasteiger partial charge in [-0.25, -0.2) is 4.79 Å². The molecule has 0 N–H and O–H groups in total. The van der Waals surface area contributed by atoms with Crippen LogP contribution in [0.4, 0.5) is 0 Å². The quantitative estimate of drug-likeness (QED) is 0.586. The lowest BCUT2D eigenvalue weighted by Gasteiger charge is -2.09. The van der Waals surface area contributed by atoms with E-state index in [0.29, 0.717) is 6.61 Å². The molecule has 0 saturated carbocycles. The number of allylic oxidation sites excluding steroid dienone is 1. The summed E-state index contributed by atoms with van der Waals surface area (Å²) < 4.78 is 4.77. The summed E-state index contributed by atoms with van der Waals surface area (Å²) in [4.78, 5) is 14.9. The Morgan fingerprint density at radius 1 is 1.82 bits per heavy atom. The van der Waals surface area contributed by atoms with Crippen molar-refractivity contribution in [2.24, 2.45) is 4.99 Å². The average Bonchev–Trinajstić information content (AvgIpc) is 2.07. The second kappa shape index (κ2) is 4.18. The maximum atomic E-state index is 11.0. The van der Waals surface area contributed by atoms with Gasteiger partial charge in [0, 0.05) is 6.21 Å². The summed E-state index contributed by atoms with van der Waals surface area (Å²) in [6.45, 7) is 2.19. The number of carbonyl (C=O) groups is 1. The normalized spacial score (nSPS) is 21.7. The average molecular weight is 171 g/mol. The number of nitrogens with zero attached hydrogens (tertiary/aromatic N) is 1. The van der Waals surface area contributed by atoms with Gasteiger partial charge in [-0.15, -0.1) is 0 Å². The first kappa shape index (κ1) is 8.33. The molecule has 0 fully saturated rings. The van der Waals surface area contributed by atoms with Gasteiger partial charge in [0.2, 0.25) is 0 Å². The molecule has 4 heteroatoms. The Balaban J connectivity index is 2.42. The third-order valence-electron chi connectivity index (χ3n) is 1.08. The van der Waals surface area contributed by atoms with E-state index in [2.05, 4.69) is 4.99 Å². The van der Waals surface area contributed by atoms with Crippen molar-refractivity contribution in [3.05, 3.63) is 11.5 Å². The van der Waals surface area contributed by atoms with Crippen molar-refractivity contribution in [2.75, 3.05) is 6.61 Å². The highest BCUT2D eigenvalue weighted by Crippen LogP contribution is 2.17. The van der Waals surface area contributed by atoms with Crippen LogP contribution in [0, 0.1) is 0 Å². The van der Waals surface area contributed by atoms with Crippen molar-refractivity contribution in [1.29, 1.82) is 0 Å². The first-order valence-electron chi connectivity index (χ1n) is 3.35. The predicted octanol–water partition coefficient (Wildman–Crippen LogP) is 1.21. The third-order valence-corrected chi connectivity index (χ3v) is 1.97. The number of ether oxygens (including phenoxy) is 1. The van der Waals surface area contributed by atoms with Gasteiger partial charge in [-0.2, -0.15) is 0 Å². The second-order valence-electron chi connectivity index (χ2n) is 1.87. The zero-order valence-corrected chi connectivity index (χ0v) is 7.00. The van der Waals surface area contributed by atoms with E-state index in [4.69, 9.17) is 4.74 Å². The van der Waals surface area contributed by atoms with E-state index < -0.39 is 0 Å². The first-order chi connectivity index (χ1) is 5.34. The molecule has 1 heterocycles. The first-order valence-corrected chi connectivity index (χ1v) is 4.29. The van der Waals surface area contributed by atoms with Gasteiger partial charge in [-0.3, -0.25) is 4.99 Å². The minimum absolute atomic E-state index is 0.266. The maximum absolute atomic E-state index is 11.0. The fourth-order valence-corrected chi connectivity index (χ4v) is 1.28. The number of hydrogen-bond acceptors (Lipinski definition) is 4. The van der Waals surface area contributed by atoms with Crippen LogP contribution < -0.4 is 0 Å². The molecule has 11 heavy (non-hydrogen) atoms. The summed E-state index contributed by atoms with van der Waals surface area (Å²) in [6.07, 6.45) is 3.40. The topological polar surface area (TPSA) is 38.7 Å². The summed E-state index contributed by atoms with van der Waals surface area (Å²) in [6, 6.07) is 0. The minimum atomic E-state index is -0.389. The molecule has 3 nitrogen and oxygen atoms in total. The summed E-state index contributed by atoms with van der Waals surface area (Å²) in [5, 5.41) is 1.44. The molecule has 1 rings (SSSR count). The molecule has 0 saturated heterocycles. The largest absolute Gasteiger partial charge is 0.464 e. The molecule has 0 aliphatic carbocycles. The zero-order chi connectivity index (χ0) is 8.10. The van der Waals surface area contributed by atoms with Crippen molar-refractivity contribution in [3.63, 3.8) is 0 Å². The Kier molecular flexibility index (Phi) is 3.16. The van der Waals surface area contributed by atoms with Crippen molar-refractivity contribution in [1.82, 2.24) is 0 Å². The number of rotatable bonds is 2. The van der Waals surface area contributed by atoms with E-state index in [0.717, 1.165) is 0 Å². The molecule has 0 spiro atoms. The molecule has 1 atom stereocenters. The minimum Gasteiger partial charge on any atom is -0.464 e. The molecule has 1 aliphatic heterocycles. The smallest absolute Gasteiger partial charge is 0.341 e. The van der Waals surface area contributed by atoms with E-state index in [1.54, 1.807) is 19.2 Å². The van der Waals surface area contributed by atoms with Gasteiger partial charge in [0.05, 0.1) is 6.61 Å². The summed E-state index contributed by atoms with van der Waals surface area (Å²) >= 11 is 1.36. The summed E-state index contributed by atoms with van der Waals surface area (Å²) in [7, 11) is 0. The molecular weight excluding hydrogens is 162 g/mol. The predicted molar refractivity (Wildman–Crippen MR) is 45.6 cm³/mol. The molecule has 0 amide bonds. The van der Waals surface area contributed by atoms with Gasteiger partial charge in [0.15, 0.2) is 5.37 Å². The molecule has 0 aromatic carbocycles. The molecule has 0 aromatic rings. The Morgan fingerprint density at radius 3 is 3.18 bits per heavy atom. The van der Waals surface area contributed by atoms with Gasteiger partial charge in [-0.1, -0.05) is 11.8 Å². The second-order valence-corrected chi connectivity index (χ2v) is 2.86. The number of thioether (sulfide) groups is 1. The van der Waals surface area contributed by atoms with Crippen molar-refractivity contribution >= 4 is 23.9 Å². The van der Waals surface area contributed by atoms with Crippen LogP contribution in [0.1, 0.15) is 6.92 Å². The molecular formula is C7H9NO2S. The van der Waals surface area contributed by atoms with Crippen LogP contribution in [0.3, 0.4) is 0 Å². The molecule has 0 aromatic heterocycles. The SMILES string of the molecule is CCOC(=O)C1N=CC=CS1. The fraction of sp³-hybridized carbons (Fsp3) is 0.429. The highest BCUT2D eigenvalue weighted by atomic mass is 32.2. The van der Waals surface area contributed by atoms with Crippen LogP contribution in [0.25, 0.3) is 0 Å². The van der Waals surface area contributed by atoms with Crippen LogP contribution in [-0.4, -0.2) is 24.2 Å². The van der Waals surface area contributed by atoms with Gasteiger partial charge in [0.25, 0.3) is 0 Å². The Morgan fingerprint density at radius 2 is 2.64 bits per heavy atom. The van der Waals surface area contributed by atoms with Crippen LogP contribution in [0.5, 0.6) is 0 Å². The van der Waals surface area contributed by atoms with Crippen molar-refractivity contribution in [2.45, 2.75) is 12.3 Å². The van der Waals surface area contributed by atoms with Crippen molar-refractivity contribution in [3.8, 4) is 0 Å². The Labute approximate surface area is 69.5 Å². The maximum Gasteiger partial charge on any atom is 0.341 e. The third kappa shape index (κ3) is 2.38. The number of esters is 1. The van der Waals surface area contributed by atoms with Crippen molar-refractivity contribution < 1.29 is 9.53 Å². The van der Waals surface area contributed by atoms with E-state index in [1.165, 1.54) is 11.8 Å². The van der Waals surface area contributed by atoms with Crippen LogP contribution in [0.15, 0.2) is 16.5 Å². The monoisotopic (exact) mass is 171 g/mol. The molecule has 0 bridgehead atoms. The number of aliphatic imine (C=N–C) groups is 1. The van der Waals surface area contributed by atoms with Gasteiger partial charge in [0.1, 0.15) is 0 Å². The van der Waals surface area contributed by atoms with E-state index in [-0.39, 0.29) is 11.3 Å². The fourth-order valence-electron chi connectivity index (χ4n) is 0.648. The molecule has 0 radical (unpaired) electrons. The van der Waals surface area contributed by atoms with Gasteiger partial charge >= 0.3 is 5.97 Å². The lowest BCUT2D eigenvalue weighted by atomic mass is 10.6. The zero-order valence-electron chi connectivity index (χ0n) is 6.19. The number of carbonyl (C=O) groups excluding carboxylic acids is 1. The highest BCUT2D eigenvalue weighted by molar-refractivity contribution is 8.03. The van der Waals surface area contributed by atoms with Crippen LogP contribution in [-0.2, 0) is 9.53 Å². The Hall–Kier alpha value is -0.770. The molecule has 1 unspecified atom stereocenters. The van der Waals surface area contributed by atoms with Crippen LogP contribution >= 0.6 is 11.8 Å². The standard InChI is InChI=1S/C7H9NO2S/c1-2-10-7(9)6-8-4-3-5-11-6/h3-6H,2H2,1H3. The lowest BCUT2D eigenvalue weighted by molar-refractivity contribution is -0.142. The summed E-state index contributed by atoms with van der Waals surface area (Å²) in [5.41, 5.74) is 0. The molecule has 60 valence electrons. The summed E-state index contributed by atoms with van der Waals surface area (Å²) in [5.74, 6) is -0.266. The molecule has 1 aliphatic rings. The Bertz CT molecular complexity index is 201. The van der Waals surface area contributed by atoms with E-state index >= 15 is 0 Å². The lowest BCUT2D eigenvalue weighted by Crippen LogP contribution is -2.18. The van der Waals surface area contributed by atoms with Gasteiger partial charge < -0.3 is 4.74 Å². The highest BCUT2D eigenvalue weighted by Gasteiger charge is 2.17. The van der Waals surface area contributed by atoms with Crippen LogP contribution in [0.2, 0.25) is 0 Å².